The second-order valence-electron chi connectivity index (χ2n) is 11.4. The molecule has 39 heavy (non-hydrogen) atoms. The summed E-state index contributed by atoms with van der Waals surface area (Å²) in [6.45, 7) is 8.21. The van der Waals surface area contributed by atoms with E-state index < -0.39 is 17.7 Å². The fourth-order valence-electron chi connectivity index (χ4n) is 6.73. The fourth-order valence-corrected chi connectivity index (χ4v) is 6.73. The van der Waals surface area contributed by atoms with Crippen LogP contribution in [0, 0.1) is 31.6 Å². The van der Waals surface area contributed by atoms with Crippen LogP contribution in [0.1, 0.15) is 68.8 Å². The van der Waals surface area contributed by atoms with Crippen molar-refractivity contribution >= 4 is 11.8 Å². The number of rotatable bonds is 6. The first-order chi connectivity index (χ1) is 18.9. The number of nitrogens with one attached hydrogen (secondary N) is 1. The number of aliphatic hydroxyl groups is 1. The number of piperazine rings is 1. The van der Waals surface area contributed by atoms with Crippen LogP contribution < -0.4 is 5.32 Å². The summed E-state index contributed by atoms with van der Waals surface area (Å²) < 4.78 is 1.99. The Hall–Kier alpha value is -3.15. The second kappa shape index (κ2) is 11.5. The minimum absolute atomic E-state index is 0.0475. The minimum atomic E-state index is -0.932. The smallest absolute Gasteiger partial charge is 0.249 e. The van der Waals surface area contributed by atoms with Gasteiger partial charge in [-0.2, -0.15) is 5.10 Å². The van der Waals surface area contributed by atoms with Gasteiger partial charge in [0, 0.05) is 30.9 Å². The van der Waals surface area contributed by atoms with Gasteiger partial charge in [0.25, 0.3) is 0 Å². The molecule has 1 spiro atoms. The highest BCUT2D eigenvalue weighted by Crippen LogP contribution is 2.36. The molecule has 2 N–H and O–H groups in total. The van der Waals surface area contributed by atoms with E-state index in [-0.39, 0.29) is 24.3 Å². The lowest BCUT2D eigenvalue weighted by atomic mass is 9.78. The summed E-state index contributed by atoms with van der Waals surface area (Å²) in [5.41, 5.74) is 3.42. The number of aliphatic hydroxyl groups excluding tert-OH is 1. The molecule has 1 aliphatic carbocycles. The van der Waals surface area contributed by atoms with Crippen LogP contribution in [0.2, 0.25) is 0 Å². The molecule has 2 aromatic rings. The summed E-state index contributed by atoms with van der Waals surface area (Å²) in [7, 11) is 0. The Balaban J connectivity index is 1.31. The molecule has 1 saturated carbocycles. The zero-order chi connectivity index (χ0) is 27.6. The first-order valence-corrected chi connectivity index (χ1v) is 14.4. The number of piperidine rings is 1. The summed E-state index contributed by atoms with van der Waals surface area (Å²) >= 11 is 0. The van der Waals surface area contributed by atoms with Gasteiger partial charge in [0.2, 0.25) is 11.8 Å². The normalized spacial score (nSPS) is 22.9. The summed E-state index contributed by atoms with van der Waals surface area (Å²) in [5.74, 6) is 5.63. The van der Waals surface area contributed by atoms with Crippen molar-refractivity contribution in [3.8, 4) is 17.5 Å². The molecule has 0 bridgehead atoms. The first kappa shape index (κ1) is 27.4. The number of aromatic nitrogens is 2. The van der Waals surface area contributed by atoms with E-state index in [1.54, 1.807) is 11.8 Å². The molecular formula is C31H41N5O3. The van der Waals surface area contributed by atoms with Gasteiger partial charge < -0.3 is 15.3 Å². The number of amides is 2. The highest BCUT2D eigenvalue weighted by Gasteiger charge is 2.55. The molecule has 1 aromatic carbocycles. The van der Waals surface area contributed by atoms with Crippen molar-refractivity contribution in [2.24, 2.45) is 5.92 Å². The van der Waals surface area contributed by atoms with Crippen molar-refractivity contribution in [2.45, 2.75) is 89.9 Å². The predicted molar refractivity (Wildman–Crippen MR) is 150 cm³/mol. The zero-order valence-electron chi connectivity index (χ0n) is 23.4. The molecule has 2 amide bonds. The van der Waals surface area contributed by atoms with Gasteiger partial charge in [-0.1, -0.05) is 43.4 Å². The molecule has 3 fully saturated rings. The Bertz CT molecular complexity index is 1250. The number of benzene rings is 1. The molecule has 2 aliphatic heterocycles. The minimum Gasteiger partial charge on any atom is -0.390 e. The Morgan fingerprint density at radius 1 is 1.10 bits per heavy atom. The summed E-state index contributed by atoms with van der Waals surface area (Å²) in [5, 5.41) is 18.9. The molecule has 208 valence electrons. The Morgan fingerprint density at radius 2 is 1.79 bits per heavy atom. The number of likely N-dealkylation sites (tertiary alicyclic amines) is 1. The SMILES string of the molecule is CC#CCN1C(=O)[C@@H]([C@H](O)C2CCCCC2)NC(=O)C12CCN(Cc1c(C)nn(-c3ccccc3)c1C)CC2. The van der Waals surface area contributed by atoms with Crippen molar-refractivity contribution < 1.29 is 14.7 Å². The van der Waals surface area contributed by atoms with Gasteiger partial charge in [0.15, 0.2) is 0 Å². The van der Waals surface area contributed by atoms with E-state index in [4.69, 9.17) is 5.10 Å². The first-order valence-electron chi connectivity index (χ1n) is 14.4. The van der Waals surface area contributed by atoms with Crippen LogP contribution in [-0.2, 0) is 16.1 Å². The highest BCUT2D eigenvalue weighted by molar-refractivity contribution is 6.00. The summed E-state index contributed by atoms with van der Waals surface area (Å²) in [6.07, 6.45) is 5.29. The van der Waals surface area contributed by atoms with Gasteiger partial charge in [-0.15, -0.1) is 5.92 Å². The monoisotopic (exact) mass is 531 g/mol. The molecule has 0 unspecified atom stereocenters. The number of carbonyl (C=O) groups is 2. The van der Waals surface area contributed by atoms with E-state index in [2.05, 4.69) is 41.1 Å². The fraction of sp³-hybridized carbons (Fsp3) is 0.581. The van der Waals surface area contributed by atoms with Crippen LogP contribution in [0.25, 0.3) is 5.69 Å². The van der Waals surface area contributed by atoms with Crippen molar-refractivity contribution in [2.75, 3.05) is 19.6 Å². The molecule has 3 aliphatic rings. The third-order valence-electron chi connectivity index (χ3n) is 9.15. The van der Waals surface area contributed by atoms with Gasteiger partial charge in [-0.05, 0) is 64.5 Å². The van der Waals surface area contributed by atoms with Gasteiger partial charge in [0.1, 0.15) is 11.6 Å². The molecule has 8 nitrogen and oxygen atoms in total. The number of para-hydroxylation sites is 1. The molecular weight excluding hydrogens is 490 g/mol. The van der Waals surface area contributed by atoms with E-state index in [9.17, 15) is 14.7 Å². The maximum atomic E-state index is 13.8. The molecule has 1 aromatic heterocycles. The second-order valence-corrected chi connectivity index (χ2v) is 11.4. The zero-order valence-corrected chi connectivity index (χ0v) is 23.4. The van der Waals surface area contributed by atoms with Crippen molar-refractivity contribution in [1.82, 2.24) is 24.9 Å². The summed E-state index contributed by atoms with van der Waals surface area (Å²) in [6, 6.07) is 9.24. The standard InChI is InChI=1S/C31H41N5O3/c1-4-5-18-35-29(38)27(28(37)24-12-8-6-9-13-24)32-30(39)31(35)16-19-34(20-17-31)21-26-22(2)33-36(23(26)3)25-14-10-7-11-15-25/h7,10-11,14-15,24,27-28,37H,6,8-9,12-13,16-21H2,1-3H3,(H,32,39)/t27-,28-/m1/s1. The molecule has 2 atom stereocenters. The van der Waals surface area contributed by atoms with Gasteiger partial charge in [-0.3, -0.25) is 14.5 Å². The number of nitrogens with zero attached hydrogens (tertiary/aromatic N) is 4. The van der Waals surface area contributed by atoms with Crippen LogP contribution in [0.5, 0.6) is 0 Å². The van der Waals surface area contributed by atoms with Crippen LogP contribution in [0.4, 0.5) is 0 Å². The van der Waals surface area contributed by atoms with Crippen molar-refractivity contribution in [1.29, 1.82) is 0 Å². The lowest BCUT2D eigenvalue weighted by molar-refractivity contribution is -0.164. The predicted octanol–water partition coefficient (Wildman–Crippen LogP) is 3.12. The molecule has 0 radical (unpaired) electrons. The van der Waals surface area contributed by atoms with Crippen LogP contribution in [-0.4, -0.2) is 73.8 Å². The number of aryl methyl sites for hydroxylation is 1. The third kappa shape index (κ3) is 5.22. The highest BCUT2D eigenvalue weighted by atomic mass is 16.3. The topological polar surface area (TPSA) is 90.7 Å². The third-order valence-corrected chi connectivity index (χ3v) is 9.15. The van der Waals surface area contributed by atoms with E-state index in [0.717, 1.165) is 55.7 Å². The van der Waals surface area contributed by atoms with Gasteiger partial charge >= 0.3 is 0 Å². The molecule has 3 heterocycles. The van der Waals surface area contributed by atoms with Crippen LogP contribution >= 0.6 is 0 Å². The number of hydrogen-bond donors (Lipinski definition) is 2. The Kier molecular flexibility index (Phi) is 8.11. The van der Waals surface area contributed by atoms with E-state index in [1.807, 2.05) is 29.8 Å². The average molecular weight is 532 g/mol. The Labute approximate surface area is 231 Å². The molecule has 5 rings (SSSR count). The lowest BCUT2D eigenvalue weighted by Gasteiger charge is -2.52. The van der Waals surface area contributed by atoms with E-state index in [0.29, 0.717) is 25.9 Å². The quantitative estimate of drug-likeness (QED) is 0.559. The van der Waals surface area contributed by atoms with Gasteiger partial charge in [-0.25, -0.2) is 4.68 Å². The largest absolute Gasteiger partial charge is 0.390 e. The number of hydrogen-bond acceptors (Lipinski definition) is 5. The van der Waals surface area contributed by atoms with E-state index >= 15 is 0 Å². The van der Waals surface area contributed by atoms with Crippen molar-refractivity contribution in [3.63, 3.8) is 0 Å². The maximum Gasteiger partial charge on any atom is 0.249 e. The Morgan fingerprint density at radius 3 is 2.46 bits per heavy atom. The number of carbonyl (C=O) groups excluding carboxylic acids is 2. The summed E-state index contributed by atoms with van der Waals surface area (Å²) in [4.78, 5) is 31.5. The van der Waals surface area contributed by atoms with Crippen molar-refractivity contribution in [3.05, 3.63) is 47.3 Å². The van der Waals surface area contributed by atoms with E-state index in [1.165, 1.54) is 5.56 Å². The maximum absolute atomic E-state index is 13.8. The average Bonchev–Trinajstić information content (AvgIpc) is 3.25. The molecule has 2 saturated heterocycles. The molecule has 8 heteroatoms. The lowest BCUT2D eigenvalue weighted by Crippen LogP contribution is -2.75. The van der Waals surface area contributed by atoms with Crippen LogP contribution in [0.15, 0.2) is 30.3 Å². The van der Waals surface area contributed by atoms with Gasteiger partial charge in [0.05, 0.1) is 24.0 Å². The van der Waals surface area contributed by atoms with Crippen LogP contribution in [0.3, 0.4) is 0 Å².